The number of hydrogen-bond acceptors (Lipinski definition) is 1. The van der Waals surface area contributed by atoms with E-state index in [-0.39, 0.29) is 17.4 Å². The summed E-state index contributed by atoms with van der Waals surface area (Å²) in [5, 5.41) is 0. The van der Waals surface area contributed by atoms with Gasteiger partial charge in [0.05, 0.1) is 6.04 Å². The van der Waals surface area contributed by atoms with E-state index in [4.69, 9.17) is 4.99 Å². The highest BCUT2D eigenvalue weighted by Gasteiger charge is 2.39. The van der Waals surface area contributed by atoms with Gasteiger partial charge >= 0.3 is 0 Å². The van der Waals surface area contributed by atoms with Crippen LogP contribution in [0.3, 0.4) is 0 Å². The number of aliphatic imine (C=N–C) groups is 1. The van der Waals surface area contributed by atoms with Crippen LogP contribution in [0, 0.1) is 5.92 Å². The van der Waals surface area contributed by atoms with Crippen LogP contribution >= 0.6 is 0 Å². The molecular formula is C58H53N. The highest BCUT2D eigenvalue weighted by Crippen LogP contribution is 2.56. The largest absolute Gasteiger partial charge is 0.280 e. The summed E-state index contributed by atoms with van der Waals surface area (Å²) in [6, 6.07) is 63.6. The molecule has 0 spiro atoms. The minimum Gasteiger partial charge on any atom is -0.280 e. The molecule has 1 heterocycles. The Labute approximate surface area is 351 Å². The van der Waals surface area contributed by atoms with E-state index in [9.17, 15) is 0 Å². The van der Waals surface area contributed by atoms with E-state index in [1.807, 2.05) is 0 Å². The summed E-state index contributed by atoms with van der Waals surface area (Å²) in [7, 11) is 0. The van der Waals surface area contributed by atoms with Gasteiger partial charge in [0.25, 0.3) is 0 Å². The van der Waals surface area contributed by atoms with Gasteiger partial charge < -0.3 is 0 Å². The molecule has 0 amide bonds. The number of nitrogens with zero attached hydrogens (tertiary/aromatic N) is 1. The zero-order valence-corrected chi connectivity index (χ0v) is 34.7. The van der Waals surface area contributed by atoms with E-state index in [2.05, 4.69) is 197 Å². The van der Waals surface area contributed by atoms with Crippen molar-refractivity contribution < 1.29 is 0 Å². The van der Waals surface area contributed by atoms with Crippen LogP contribution in [-0.2, 0) is 18.3 Å². The van der Waals surface area contributed by atoms with Crippen LogP contribution in [0.1, 0.15) is 103 Å². The number of benzene rings is 7. The van der Waals surface area contributed by atoms with Gasteiger partial charge in [-0.25, -0.2) is 0 Å². The molecule has 1 nitrogen and oxygen atoms in total. The first-order valence-electron chi connectivity index (χ1n) is 21.9. The Morgan fingerprint density at radius 1 is 0.593 bits per heavy atom. The molecule has 0 aromatic heterocycles. The summed E-state index contributed by atoms with van der Waals surface area (Å²) in [5.74, 6) is 0.741. The molecule has 0 saturated heterocycles. The third kappa shape index (κ3) is 6.81. The third-order valence-electron chi connectivity index (χ3n) is 13.7. The summed E-state index contributed by atoms with van der Waals surface area (Å²) in [5.41, 5.74) is 22.1. The van der Waals surface area contributed by atoms with Crippen LogP contribution in [0.25, 0.3) is 39.0 Å². The van der Waals surface area contributed by atoms with Crippen LogP contribution in [0.5, 0.6) is 0 Å². The van der Waals surface area contributed by atoms with E-state index in [0.717, 1.165) is 38.5 Å². The highest BCUT2D eigenvalue weighted by molar-refractivity contribution is 6.01. The second-order valence-electron chi connectivity index (χ2n) is 17.5. The molecule has 0 bridgehead atoms. The van der Waals surface area contributed by atoms with Crippen LogP contribution in [0.2, 0.25) is 0 Å². The molecule has 0 N–H and O–H groups in total. The molecule has 3 unspecified atom stereocenters. The summed E-state index contributed by atoms with van der Waals surface area (Å²) >= 11 is 0. The van der Waals surface area contributed by atoms with Gasteiger partial charge in [-0.1, -0.05) is 191 Å². The normalized spacial score (nSPS) is 20.7. The highest BCUT2D eigenvalue weighted by atomic mass is 14.8. The molecule has 3 atom stereocenters. The number of rotatable bonds is 8. The number of allylic oxidation sites excluding steroid dienone is 1. The van der Waals surface area contributed by atoms with Crippen LogP contribution in [-0.4, -0.2) is 5.71 Å². The quantitative estimate of drug-likeness (QED) is 0.146. The number of fused-ring (bicyclic) bond motifs is 7. The van der Waals surface area contributed by atoms with Crippen molar-refractivity contribution in [1.82, 2.24) is 0 Å². The minimum absolute atomic E-state index is 0.00298. The molecular weight excluding hydrogens is 711 g/mol. The first-order valence-corrected chi connectivity index (χ1v) is 21.9. The van der Waals surface area contributed by atoms with Crippen molar-refractivity contribution >= 4 is 11.3 Å². The first-order chi connectivity index (χ1) is 29.0. The molecule has 0 saturated carbocycles. The molecule has 7 aromatic rings. The molecule has 7 aromatic carbocycles. The minimum atomic E-state index is -0.00298. The molecule has 1 aliphatic heterocycles. The maximum atomic E-state index is 5.71. The predicted octanol–water partition coefficient (Wildman–Crippen LogP) is 15.0. The van der Waals surface area contributed by atoms with Gasteiger partial charge in [-0.15, -0.1) is 0 Å². The Kier molecular flexibility index (Phi) is 9.85. The summed E-state index contributed by atoms with van der Waals surface area (Å²) in [6.07, 6.45) is 8.69. The fourth-order valence-electron chi connectivity index (χ4n) is 10.7. The molecule has 1 heteroatoms. The van der Waals surface area contributed by atoms with E-state index >= 15 is 0 Å². The SMILES string of the molecule is CCC1/C(c2cccc(-c3ccccc3)c2)=C\CC/C(c2ccc(CCC3Cc4ccccc4-c4c3ccc3c4-c4ccccc4C3(C)C)cc2)=N\C1c1ccccc1. The van der Waals surface area contributed by atoms with Gasteiger partial charge in [-0.2, -0.15) is 0 Å². The first kappa shape index (κ1) is 37.2. The fraction of sp³-hybridized carbons (Fsp3) is 0.224. The van der Waals surface area contributed by atoms with Gasteiger partial charge in [0.2, 0.25) is 0 Å². The average Bonchev–Trinajstić information content (AvgIpc) is 3.52. The standard InChI is InChI=1S/C58H53N/c1-4-47-48(44-23-15-22-43(37-44)40-17-7-5-8-18-40)26-16-28-54(59-57(47)42-19-9-6-10-20-42)41-32-29-39(30-33-41)31-34-46-38-45-21-11-12-24-49(45)55-50(46)35-36-53-56(55)51-25-13-14-27-52(51)58(53,2)3/h5-15,17-27,29-30,32-33,35-37,46-47,57H,4,16,28,31,34,38H2,1-3H3/b48-26-,59-54+. The smallest absolute Gasteiger partial charge is 0.0820 e. The van der Waals surface area contributed by atoms with E-state index < -0.39 is 0 Å². The van der Waals surface area contributed by atoms with E-state index in [1.54, 1.807) is 0 Å². The van der Waals surface area contributed by atoms with Crippen molar-refractivity contribution in [1.29, 1.82) is 0 Å². The fourth-order valence-corrected chi connectivity index (χ4v) is 10.7. The van der Waals surface area contributed by atoms with Gasteiger partial charge in [-0.05, 0) is 134 Å². The van der Waals surface area contributed by atoms with Gasteiger partial charge in [0, 0.05) is 17.0 Å². The van der Waals surface area contributed by atoms with Crippen LogP contribution in [0.15, 0.2) is 181 Å². The maximum absolute atomic E-state index is 5.71. The van der Waals surface area contributed by atoms with Crippen molar-refractivity contribution in [2.45, 2.75) is 76.7 Å². The van der Waals surface area contributed by atoms with Crippen LogP contribution in [0.4, 0.5) is 0 Å². The summed E-state index contributed by atoms with van der Waals surface area (Å²) in [6.45, 7) is 7.12. The second-order valence-corrected chi connectivity index (χ2v) is 17.5. The van der Waals surface area contributed by atoms with Crippen molar-refractivity contribution in [3.05, 3.63) is 220 Å². The number of aryl methyl sites for hydroxylation is 1. The van der Waals surface area contributed by atoms with Gasteiger partial charge in [-0.3, -0.25) is 4.99 Å². The van der Waals surface area contributed by atoms with Crippen LogP contribution < -0.4 is 0 Å². The summed E-state index contributed by atoms with van der Waals surface area (Å²) in [4.78, 5) is 5.71. The molecule has 0 radical (unpaired) electrons. The topological polar surface area (TPSA) is 12.4 Å². The Balaban J connectivity index is 0.930. The molecule has 59 heavy (non-hydrogen) atoms. The Morgan fingerprint density at radius 3 is 2.08 bits per heavy atom. The molecule has 3 aliphatic rings. The Hall–Kier alpha value is -6.05. The van der Waals surface area contributed by atoms with E-state index in [1.165, 1.54) is 89.2 Å². The van der Waals surface area contributed by atoms with Crippen molar-refractivity contribution in [2.75, 3.05) is 0 Å². The lowest BCUT2D eigenvalue weighted by molar-refractivity contribution is 0.519. The molecule has 2 aliphatic carbocycles. The Bertz CT molecular complexity index is 2700. The second kappa shape index (κ2) is 15.6. The lowest BCUT2D eigenvalue weighted by Crippen LogP contribution is -2.18. The molecule has 290 valence electrons. The van der Waals surface area contributed by atoms with E-state index in [0.29, 0.717) is 5.92 Å². The lowest BCUT2D eigenvalue weighted by Gasteiger charge is -2.31. The lowest BCUT2D eigenvalue weighted by atomic mass is 9.73. The molecule has 0 fully saturated rings. The summed E-state index contributed by atoms with van der Waals surface area (Å²) < 4.78 is 0. The van der Waals surface area contributed by atoms with Gasteiger partial charge in [0.1, 0.15) is 0 Å². The Morgan fingerprint density at radius 2 is 1.29 bits per heavy atom. The van der Waals surface area contributed by atoms with Crippen molar-refractivity contribution in [3.8, 4) is 33.4 Å². The van der Waals surface area contributed by atoms with Crippen molar-refractivity contribution in [2.24, 2.45) is 10.9 Å². The van der Waals surface area contributed by atoms with Gasteiger partial charge in [0.15, 0.2) is 0 Å². The third-order valence-corrected chi connectivity index (χ3v) is 13.7. The molecule has 10 rings (SSSR count). The zero-order chi connectivity index (χ0) is 39.9. The maximum Gasteiger partial charge on any atom is 0.0820 e. The zero-order valence-electron chi connectivity index (χ0n) is 34.7. The average molecular weight is 764 g/mol. The predicted molar refractivity (Wildman–Crippen MR) is 249 cm³/mol. The monoisotopic (exact) mass is 763 g/mol. The van der Waals surface area contributed by atoms with Crippen molar-refractivity contribution in [3.63, 3.8) is 0 Å². The number of hydrogen-bond donors (Lipinski definition) is 0.